The average molecular weight is 241 g/mol. The van der Waals surface area contributed by atoms with Gasteiger partial charge in [0, 0.05) is 12.0 Å². The molecule has 1 fully saturated rings. The Bertz CT molecular complexity index is 249. The van der Waals surface area contributed by atoms with E-state index in [-0.39, 0.29) is 17.1 Å². The Labute approximate surface area is 105 Å². The summed E-state index contributed by atoms with van der Waals surface area (Å²) in [5.74, 6) is -0.100. The molecule has 3 nitrogen and oxygen atoms in total. The predicted octanol–water partition coefficient (Wildman–Crippen LogP) is 3.16. The summed E-state index contributed by atoms with van der Waals surface area (Å²) in [6, 6.07) is 0. The first-order valence-electron chi connectivity index (χ1n) is 6.82. The molecular weight excluding hydrogens is 214 g/mol. The van der Waals surface area contributed by atoms with Crippen molar-refractivity contribution in [1.82, 2.24) is 0 Å². The van der Waals surface area contributed by atoms with Gasteiger partial charge in [0.2, 0.25) is 0 Å². The van der Waals surface area contributed by atoms with Crippen molar-refractivity contribution in [2.24, 2.45) is 5.73 Å². The minimum atomic E-state index is -0.373. The molecule has 0 aromatic carbocycles. The summed E-state index contributed by atoms with van der Waals surface area (Å²) >= 11 is 0. The van der Waals surface area contributed by atoms with Gasteiger partial charge in [-0.05, 0) is 46.5 Å². The molecule has 3 heteroatoms. The average Bonchev–Trinajstić information content (AvgIpc) is 2.15. The van der Waals surface area contributed by atoms with E-state index in [1.807, 2.05) is 20.8 Å². The van der Waals surface area contributed by atoms with Crippen LogP contribution in [0.3, 0.4) is 0 Å². The van der Waals surface area contributed by atoms with Crippen LogP contribution in [0.5, 0.6) is 0 Å². The standard InChI is InChI=1S/C14H27NO2/c1-13(2,3)17-12(16)8-7-11-14(15)9-5-4-6-10-14/h4-11,15H2,1-3H3. The van der Waals surface area contributed by atoms with E-state index in [9.17, 15) is 4.79 Å². The highest BCUT2D eigenvalue weighted by molar-refractivity contribution is 5.69. The van der Waals surface area contributed by atoms with Crippen molar-refractivity contribution in [3.8, 4) is 0 Å². The van der Waals surface area contributed by atoms with Gasteiger partial charge in [0.25, 0.3) is 0 Å². The maximum atomic E-state index is 11.5. The number of carbonyl (C=O) groups excluding carboxylic acids is 1. The van der Waals surface area contributed by atoms with Gasteiger partial charge in [-0.15, -0.1) is 0 Å². The van der Waals surface area contributed by atoms with Gasteiger partial charge in [-0.2, -0.15) is 0 Å². The molecule has 1 aliphatic carbocycles. The van der Waals surface area contributed by atoms with Crippen LogP contribution in [-0.2, 0) is 9.53 Å². The lowest BCUT2D eigenvalue weighted by atomic mass is 9.79. The molecule has 1 aliphatic rings. The van der Waals surface area contributed by atoms with E-state index in [4.69, 9.17) is 10.5 Å². The smallest absolute Gasteiger partial charge is 0.306 e. The zero-order chi connectivity index (χ0) is 12.9. The fourth-order valence-electron chi connectivity index (χ4n) is 2.48. The highest BCUT2D eigenvalue weighted by Gasteiger charge is 2.27. The first-order valence-corrected chi connectivity index (χ1v) is 6.82. The van der Waals surface area contributed by atoms with E-state index >= 15 is 0 Å². The van der Waals surface area contributed by atoms with E-state index in [2.05, 4.69) is 0 Å². The predicted molar refractivity (Wildman–Crippen MR) is 69.7 cm³/mol. The zero-order valence-electron chi connectivity index (χ0n) is 11.6. The van der Waals surface area contributed by atoms with E-state index in [0.29, 0.717) is 6.42 Å². The summed E-state index contributed by atoms with van der Waals surface area (Å²) in [5, 5.41) is 0. The molecule has 0 aromatic heterocycles. The molecule has 0 spiro atoms. The number of ether oxygens (including phenoxy) is 1. The third-order valence-corrected chi connectivity index (χ3v) is 3.32. The monoisotopic (exact) mass is 241 g/mol. The maximum Gasteiger partial charge on any atom is 0.306 e. The lowest BCUT2D eigenvalue weighted by Gasteiger charge is -2.33. The summed E-state index contributed by atoms with van der Waals surface area (Å²) in [4.78, 5) is 11.5. The second kappa shape index (κ2) is 5.85. The summed E-state index contributed by atoms with van der Waals surface area (Å²) in [6.07, 6.45) is 8.31. The normalized spacial score (nSPS) is 20.0. The summed E-state index contributed by atoms with van der Waals surface area (Å²) in [5.41, 5.74) is 5.93. The summed E-state index contributed by atoms with van der Waals surface area (Å²) in [6.45, 7) is 5.70. The van der Waals surface area contributed by atoms with Crippen LogP contribution in [0.4, 0.5) is 0 Å². The topological polar surface area (TPSA) is 52.3 Å². The van der Waals surface area contributed by atoms with Crippen LogP contribution < -0.4 is 5.73 Å². The first kappa shape index (κ1) is 14.5. The highest BCUT2D eigenvalue weighted by Crippen LogP contribution is 2.30. The Morgan fingerprint density at radius 3 is 2.35 bits per heavy atom. The van der Waals surface area contributed by atoms with Gasteiger partial charge in [0.15, 0.2) is 0 Å². The van der Waals surface area contributed by atoms with Crippen molar-refractivity contribution >= 4 is 5.97 Å². The molecule has 2 N–H and O–H groups in total. The van der Waals surface area contributed by atoms with Crippen LogP contribution in [0.25, 0.3) is 0 Å². The third kappa shape index (κ3) is 6.06. The molecule has 0 heterocycles. The molecule has 0 unspecified atom stereocenters. The number of hydrogen-bond donors (Lipinski definition) is 1. The number of carbonyl (C=O) groups is 1. The van der Waals surface area contributed by atoms with Crippen molar-refractivity contribution in [3.63, 3.8) is 0 Å². The fraction of sp³-hybridized carbons (Fsp3) is 0.929. The number of hydrogen-bond acceptors (Lipinski definition) is 3. The molecule has 0 radical (unpaired) electrons. The second-order valence-electron chi connectivity index (χ2n) is 6.36. The molecule has 0 amide bonds. The Morgan fingerprint density at radius 2 is 1.82 bits per heavy atom. The number of esters is 1. The van der Waals surface area contributed by atoms with Crippen LogP contribution in [0.2, 0.25) is 0 Å². The van der Waals surface area contributed by atoms with Gasteiger partial charge in [0.1, 0.15) is 5.60 Å². The zero-order valence-corrected chi connectivity index (χ0v) is 11.6. The Balaban J connectivity index is 2.20. The molecule has 0 bridgehead atoms. The summed E-state index contributed by atoms with van der Waals surface area (Å²) < 4.78 is 5.28. The van der Waals surface area contributed by atoms with Crippen LogP contribution in [-0.4, -0.2) is 17.1 Å². The van der Waals surface area contributed by atoms with E-state index in [1.165, 1.54) is 19.3 Å². The van der Waals surface area contributed by atoms with Crippen molar-refractivity contribution in [2.45, 2.75) is 83.3 Å². The van der Waals surface area contributed by atoms with Crippen LogP contribution in [0.1, 0.15) is 72.1 Å². The quantitative estimate of drug-likeness (QED) is 0.769. The minimum Gasteiger partial charge on any atom is -0.460 e. The minimum absolute atomic E-state index is 0.0136. The SMILES string of the molecule is CC(C)(C)OC(=O)CCCC1(N)CCCCC1. The molecule has 1 rings (SSSR count). The van der Waals surface area contributed by atoms with E-state index in [0.717, 1.165) is 25.7 Å². The molecule has 0 atom stereocenters. The van der Waals surface area contributed by atoms with Gasteiger partial charge in [-0.25, -0.2) is 0 Å². The van der Waals surface area contributed by atoms with Crippen LogP contribution in [0.15, 0.2) is 0 Å². The lowest BCUT2D eigenvalue weighted by Crippen LogP contribution is -2.41. The summed E-state index contributed by atoms with van der Waals surface area (Å²) in [7, 11) is 0. The van der Waals surface area contributed by atoms with Crippen molar-refractivity contribution in [2.75, 3.05) is 0 Å². The van der Waals surface area contributed by atoms with Gasteiger partial charge < -0.3 is 10.5 Å². The fourth-order valence-corrected chi connectivity index (χ4v) is 2.48. The maximum absolute atomic E-state index is 11.5. The van der Waals surface area contributed by atoms with E-state index < -0.39 is 0 Å². The molecule has 0 aliphatic heterocycles. The van der Waals surface area contributed by atoms with Crippen LogP contribution in [0, 0.1) is 0 Å². The Morgan fingerprint density at radius 1 is 1.24 bits per heavy atom. The largest absolute Gasteiger partial charge is 0.460 e. The number of nitrogens with two attached hydrogens (primary N) is 1. The number of rotatable bonds is 4. The first-order chi connectivity index (χ1) is 7.81. The Hall–Kier alpha value is -0.570. The molecule has 1 saturated carbocycles. The molecule has 0 saturated heterocycles. The lowest BCUT2D eigenvalue weighted by molar-refractivity contribution is -0.155. The van der Waals surface area contributed by atoms with Crippen molar-refractivity contribution < 1.29 is 9.53 Å². The van der Waals surface area contributed by atoms with Gasteiger partial charge >= 0.3 is 5.97 Å². The molecular formula is C14H27NO2. The highest BCUT2D eigenvalue weighted by atomic mass is 16.6. The molecule has 0 aromatic rings. The molecule has 17 heavy (non-hydrogen) atoms. The van der Waals surface area contributed by atoms with Crippen molar-refractivity contribution in [3.05, 3.63) is 0 Å². The third-order valence-electron chi connectivity index (χ3n) is 3.32. The van der Waals surface area contributed by atoms with Crippen molar-refractivity contribution in [1.29, 1.82) is 0 Å². The van der Waals surface area contributed by atoms with E-state index in [1.54, 1.807) is 0 Å². The van der Waals surface area contributed by atoms with Crippen LogP contribution >= 0.6 is 0 Å². The van der Waals surface area contributed by atoms with Gasteiger partial charge in [-0.3, -0.25) is 4.79 Å². The van der Waals surface area contributed by atoms with Gasteiger partial charge in [0.05, 0.1) is 0 Å². The van der Waals surface area contributed by atoms with Gasteiger partial charge in [-0.1, -0.05) is 19.3 Å². The molecule has 100 valence electrons. The second-order valence-corrected chi connectivity index (χ2v) is 6.36. The Kier molecular flexibility index (Phi) is 4.99.